The number of aromatic nitrogens is 4. The van der Waals surface area contributed by atoms with Gasteiger partial charge in [0.15, 0.2) is 11.0 Å². The standard InChI is InChI=1S/C23H21ClN4O2S2/c1-3-12-28-21(13-30-20-10-8-19(29-2)9-11-20)26-27-23(28)32-15-18-14-31-22(25-18)16-4-6-17(24)7-5-16/h3-11,14H,1,12-13,15H2,2H3. The fourth-order valence-electron chi connectivity index (χ4n) is 2.90. The summed E-state index contributed by atoms with van der Waals surface area (Å²) in [5.41, 5.74) is 2.05. The van der Waals surface area contributed by atoms with Gasteiger partial charge < -0.3 is 9.47 Å². The molecule has 0 saturated heterocycles. The Morgan fingerprint density at radius 1 is 1.09 bits per heavy atom. The molecule has 2 heterocycles. The number of allylic oxidation sites excluding steroid dienone is 1. The van der Waals surface area contributed by atoms with Gasteiger partial charge in [-0.1, -0.05) is 41.6 Å². The van der Waals surface area contributed by atoms with Gasteiger partial charge in [0.2, 0.25) is 0 Å². The van der Waals surface area contributed by atoms with Gasteiger partial charge in [0, 0.05) is 28.3 Å². The van der Waals surface area contributed by atoms with E-state index >= 15 is 0 Å². The van der Waals surface area contributed by atoms with Gasteiger partial charge in [-0.25, -0.2) is 4.98 Å². The highest BCUT2D eigenvalue weighted by atomic mass is 35.5. The Kier molecular flexibility index (Phi) is 7.47. The molecule has 0 amide bonds. The van der Waals surface area contributed by atoms with Crippen molar-refractivity contribution >= 4 is 34.7 Å². The van der Waals surface area contributed by atoms with Crippen molar-refractivity contribution in [1.29, 1.82) is 0 Å². The Balaban J connectivity index is 1.40. The zero-order chi connectivity index (χ0) is 22.3. The zero-order valence-electron chi connectivity index (χ0n) is 17.4. The maximum Gasteiger partial charge on any atom is 0.191 e. The van der Waals surface area contributed by atoms with E-state index < -0.39 is 0 Å². The molecular formula is C23H21ClN4O2S2. The molecule has 2 aromatic carbocycles. The van der Waals surface area contributed by atoms with E-state index in [0.717, 1.165) is 43.8 Å². The van der Waals surface area contributed by atoms with Gasteiger partial charge in [-0.05, 0) is 36.4 Å². The second-order valence-corrected chi connectivity index (χ2v) is 8.94. The Bertz CT molecular complexity index is 1170. The van der Waals surface area contributed by atoms with Crippen LogP contribution < -0.4 is 9.47 Å². The van der Waals surface area contributed by atoms with Crippen molar-refractivity contribution in [1.82, 2.24) is 19.7 Å². The van der Waals surface area contributed by atoms with Crippen LogP contribution in [0.25, 0.3) is 10.6 Å². The lowest BCUT2D eigenvalue weighted by molar-refractivity contribution is 0.288. The van der Waals surface area contributed by atoms with E-state index in [9.17, 15) is 0 Å². The minimum atomic E-state index is 0.311. The fourth-order valence-corrected chi connectivity index (χ4v) is 4.82. The lowest BCUT2D eigenvalue weighted by Crippen LogP contribution is -2.07. The molecule has 32 heavy (non-hydrogen) atoms. The Hall–Kier alpha value is -2.81. The number of hydrogen-bond acceptors (Lipinski definition) is 7. The maximum absolute atomic E-state index is 5.98. The first kappa shape index (κ1) is 22.4. The summed E-state index contributed by atoms with van der Waals surface area (Å²) in [5.74, 6) is 2.96. The van der Waals surface area contributed by atoms with E-state index in [-0.39, 0.29) is 0 Å². The van der Waals surface area contributed by atoms with Gasteiger partial charge in [0.25, 0.3) is 0 Å². The smallest absolute Gasteiger partial charge is 0.191 e. The lowest BCUT2D eigenvalue weighted by atomic mass is 10.2. The molecule has 0 saturated carbocycles. The molecule has 6 nitrogen and oxygen atoms in total. The summed E-state index contributed by atoms with van der Waals surface area (Å²) in [6, 6.07) is 15.2. The van der Waals surface area contributed by atoms with Crippen molar-refractivity contribution < 1.29 is 9.47 Å². The largest absolute Gasteiger partial charge is 0.497 e. The molecule has 0 N–H and O–H groups in total. The minimum absolute atomic E-state index is 0.311. The first-order chi connectivity index (χ1) is 15.7. The molecule has 4 aromatic rings. The highest BCUT2D eigenvalue weighted by Crippen LogP contribution is 2.28. The summed E-state index contributed by atoms with van der Waals surface area (Å²) >= 11 is 9.18. The van der Waals surface area contributed by atoms with E-state index in [4.69, 9.17) is 26.1 Å². The second-order valence-electron chi connectivity index (χ2n) is 6.70. The van der Waals surface area contributed by atoms with Crippen LogP contribution in [0.15, 0.2) is 71.7 Å². The summed E-state index contributed by atoms with van der Waals surface area (Å²) < 4.78 is 13.1. The number of thioether (sulfide) groups is 1. The topological polar surface area (TPSA) is 62.1 Å². The molecule has 0 unspecified atom stereocenters. The number of ether oxygens (including phenoxy) is 2. The Labute approximate surface area is 199 Å². The monoisotopic (exact) mass is 484 g/mol. The van der Waals surface area contributed by atoms with Crippen LogP contribution in [0, 0.1) is 0 Å². The van der Waals surface area contributed by atoms with Gasteiger partial charge in [-0.2, -0.15) is 0 Å². The molecule has 0 aliphatic heterocycles. The van der Waals surface area contributed by atoms with Gasteiger partial charge in [0.1, 0.15) is 23.1 Å². The Morgan fingerprint density at radius 3 is 2.56 bits per heavy atom. The van der Waals surface area contributed by atoms with E-state index in [2.05, 4.69) is 22.2 Å². The minimum Gasteiger partial charge on any atom is -0.497 e. The highest BCUT2D eigenvalue weighted by Gasteiger charge is 2.14. The molecule has 0 atom stereocenters. The zero-order valence-corrected chi connectivity index (χ0v) is 19.8. The average molecular weight is 485 g/mol. The molecule has 0 aliphatic rings. The van der Waals surface area contributed by atoms with Crippen LogP contribution in [0.3, 0.4) is 0 Å². The average Bonchev–Trinajstić information content (AvgIpc) is 3.44. The summed E-state index contributed by atoms with van der Waals surface area (Å²) in [5, 5.41) is 13.2. The molecule has 0 bridgehead atoms. The van der Waals surface area contributed by atoms with Crippen molar-refractivity contribution in [2.45, 2.75) is 24.1 Å². The predicted molar refractivity (Wildman–Crippen MR) is 130 cm³/mol. The molecular weight excluding hydrogens is 464 g/mol. The third-order valence-corrected chi connectivity index (χ3v) is 6.72. The quantitative estimate of drug-likeness (QED) is 0.199. The van der Waals surface area contributed by atoms with E-state index in [0.29, 0.717) is 18.9 Å². The summed E-state index contributed by atoms with van der Waals surface area (Å²) in [4.78, 5) is 4.74. The second kappa shape index (κ2) is 10.7. The highest BCUT2D eigenvalue weighted by molar-refractivity contribution is 7.98. The van der Waals surface area contributed by atoms with E-state index in [1.807, 2.05) is 59.2 Å². The molecule has 0 spiro atoms. The van der Waals surface area contributed by atoms with Crippen molar-refractivity contribution in [2.24, 2.45) is 0 Å². The van der Waals surface area contributed by atoms with Gasteiger partial charge in [-0.3, -0.25) is 4.57 Å². The maximum atomic E-state index is 5.98. The van der Waals surface area contributed by atoms with Crippen LogP contribution >= 0.6 is 34.7 Å². The summed E-state index contributed by atoms with van der Waals surface area (Å²) in [6.07, 6.45) is 1.83. The van der Waals surface area contributed by atoms with Gasteiger partial charge >= 0.3 is 0 Å². The van der Waals surface area contributed by atoms with Crippen LogP contribution in [-0.2, 0) is 18.9 Å². The first-order valence-corrected chi connectivity index (χ1v) is 12.0. The van der Waals surface area contributed by atoms with Crippen molar-refractivity contribution in [3.8, 4) is 22.1 Å². The van der Waals surface area contributed by atoms with Gasteiger partial charge in [0.05, 0.1) is 12.8 Å². The van der Waals surface area contributed by atoms with E-state index in [1.165, 1.54) is 0 Å². The molecule has 0 fully saturated rings. The third-order valence-electron chi connectivity index (χ3n) is 4.52. The molecule has 9 heteroatoms. The van der Waals surface area contributed by atoms with Crippen molar-refractivity contribution in [3.63, 3.8) is 0 Å². The molecule has 0 radical (unpaired) electrons. The molecule has 0 aliphatic carbocycles. The summed E-state index contributed by atoms with van der Waals surface area (Å²) in [7, 11) is 1.64. The predicted octanol–water partition coefficient (Wildman–Crippen LogP) is 6.12. The number of hydrogen-bond donors (Lipinski definition) is 0. The lowest BCUT2D eigenvalue weighted by Gasteiger charge is -2.09. The van der Waals surface area contributed by atoms with Crippen LogP contribution in [-0.4, -0.2) is 26.9 Å². The van der Waals surface area contributed by atoms with Crippen LogP contribution in [0.5, 0.6) is 11.5 Å². The molecule has 4 rings (SSSR count). The SMILES string of the molecule is C=CCn1c(COc2ccc(OC)cc2)nnc1SCc1csc(-c2ccc(Cl)cc2)n1. The third kappa shape index (κ3) is 5.51. The number of thiazole rings is 1. The van der Waals surface area contributed by atoms with Crippen LogP contribution in [0.4, 0.5) is 0 Å². The van der Waals surface area contributed by atoms with Crippen LogP contribution in [0.1, 0.15) is 11.5 Å². The number of halogens is 1. The van der Waals surface area contributed by atoms with E-state index in [1.54, 1.807) is 30.2 Å². The van der Waals surface area contributed by atoms with Crippen LogP contribution in [0.2, 0.25) is 5.02 Å². The normalized spacial score (nSPS) is 10.8. The number of benzene rings is 2. The number of nitrogens with zero attached hydrogens (tertiary/aromatic N) is 4. The molecule has 164 valence electrons. The van der Waals surface area contributed by atoms with Crippen molar-refractivity contribution in [3.05, 3.63) is 83.1 Å². The first-order valence-electron chi connectivity index (χ1n) is 9.79. The number of methoxy groups -OCH3 is 1. The number of rotatable bonds is 10. The fraction of sp³-hybridized carbons (Fsp3) is 0.174. The van der Waals surface area contributed by atoms with Gasteiger partial charge in [-0.15, -0.1) is 28.1 Å². The summed E-state index contributed by atoms with van der Waals surface area (Å²) in [6.45, 7) is 4.77. The molecule has 2 aromatic heterocycles. The Morgan fingerprint density at radius 2 is 1.84 bits per heavy atom. The van der Waals surface area contributed by atoms with Crippen molar-refractivity contribution in [2.75, 3.05) is 7.11 Å².